The van der Waals surface area contributed by atoms with Gasteiger partial charge in [-0.2, -0.15) is 0 Å². The Kier molecular flexibility index (Phi) is 2.83. The first kappa shape index (κ1) is 10.7. The number of hydrogen-bond donors (Lipinski definition) is 1. The highest BCUT2D eigenvalue weighted by Crippen LogP contribution is 2.38. The Morgan fingerprint density at radius 3 is 2.53 bits per heavy atom. The van der Waals surface area contributed by atoms with Crippen LogP contribution in [0.1, 0.15) is 49.7 Å². The number of benzene rings is 1. The Bertz CT molecular complexity index is 324. The molecule has 0 aliphatic heterocycles. The quantitative estimate of drug-likeness (QED) is 0.743. The minimum atomic E-state index is -0.451. The van der Waals surface area contributed by atoms with Gasteiger partial charge in [0.15, 0.2) is 0 Å². The Morgan fingerprint density at radius 2 is 1.93 bits per heavy atom. The van der Waals surface area contributed by atoms with Crippen LogP contribution in [0.25, 0.3) is 0 Å². The van der Waals surface area contributed by atoms with E-state index in [1.54, 1.807) is 0 Å². The van der Waals surface area contributed by atoms with Crippen LogP contribution in [-0.4, -0.2) is 10.7 Å². The molecule has 1 N–H and O–H groups in total. The first-order valence-electron chi connectivity index (χ1n) is 5.86. The summed E-state index contributed by atoms with van der Waals surface area (Å²) in [5.74, 6) is 0.550. The highest BCUT2D eigenvalue weighted by atomic mass is 16.3. The third-order valence-electron chi connectivity index (χ3n) is 3.50. The molecule has 0 bridgehead atoms. The van der Waals surface area contributed by atoms with Crippen LogP contribution in [0.2, 0.25) is 0 Å². The lowest BCUT2D eigenvalue weighted by molar-refractivity contribution is 0.0145. The number of rotatable bonds is 1. The van der Waals surface area contributed by atoms with Gasteiger partial charge in [-0.25, -0.2) is 0 Å². The van der Waals surface area contributed by atoms with E-state index in [1.807, 2.05) is 6.92 Å². The molecule has 1 fully saturated rings. The second-order valence-electron chi connectivity index (χ2n) is 5.20. The fraction of sp³-hybridized carbons (Fsp3) is 0.571. The molecule has 1 saturated carbocycles. The third kappa shape index (κ3) is 2.60. The lowest BCUT2D eigenvalue weighted by atomic mass is 9.76. The van der Waals surface area contributed by atoms with Gasteiger partial charge in [-0.15, -0.1) is 0 Å². The van der Waals surface area contributed by atoms with Gasteiger partial charge >= 0.3 is 0 Å². The lowest BCUT2D eigenvalue weighted by Gasteiger charge is -2.34. The summed E-state index contributed by atoms with van der Waals surface area (Å²) in [6, 6.07) is 8.75. The van der Waals surface area contributed by atoms with E-state index >= 15 is 0 Å². The minimum Gasteiger partial charge on any atom is -0.390 e. The van der Waals surface area contributed by atoms with Gasteiger partial charge in [-0.3, -0.25) is 0 Å². The maximum absolute atomic E-state index is 10.1. The van der Waals surface area contributed by atoms with Crippen LogP contribution in [0.4, 0.5) is 0 Å². The van der Waals surface area contributed by atoms with Crippen LogP contribution < -0.4 is 0 Å². The average molecular weight is 204 g/mol. The summed E-state index contributed by atoms with van der Waals surface area (Å²) in [7, 11) is 0. The molecular weight excluding hydrogens is 184 g/mol. The zero-order valence-electron chi connectivity index (χ0n) is 9.66. The first-order chi connectivity index (χ1) is 7.07. The summed E-state index contributed by atoms with van der Waals surface area (Å²) in [5.41, 5.74) is 2.25. The molecule has 1 unspecified atom stereocenters. The molecule has 0 heterocycles. The second kappa shape index (κ2) is 3.97. The average Bonchev–Trinajstić information content (AvgIpc) is 2.17. The molecule has 2 atom stereocenters. The summed E-state index contributed by atoms with van der Waals surface area (Å²) in [6.07, 6.45) is 4.23. The predicted octanol–water partition coefficient (Wildman–Crippen LogP) is 3.40. The maximum Gasteiger partial charge on any atom is 0.0625 e. The van der Waals surface area contributed by atoms with Gasteiger partial charge in [-0.05, 0) is 51.0 Å². The monoisotopic (exact) mass is 204 g/mol. The van der Waals surface area contributed by atoms with Crippen molar-refractivity contribution in [2.24, 2.45) is 0 Å². The van der Waals surface area contributed by atoms with Crippen LogP contribution in [0.5, 0.6) is 0 Å². The van der Waals surface area contributed by atoms with Gasteiger partial charge in [0.25, 0.3) is 0 Å². The Morgan fingerprint density at radius 1 is 1.27 bits per heavy atom. The fourth-order valence-corrected chi connectivity index (χ4v) is 2.59. The van der Waals surface area contributed by atoms with Crippen molar-refractivity contribution >= 4 is 0 Å². The standard InChI is InChI=1S/C14H20O/c1-11-5-7-12(8-6-11)13-4-3-9-14(2,15)10-13/h5-8,13,15H,3-4,9-10H2,1-2H3/t13-,14?/m0/s1. The predicted molar refractivity (Wildman–Crippen MR) is 63.0 cm³/mol. The summed E-state index contributed by atoms with van der Waals surface area (Å²) >= 11 is 0. The van der Waals surface area contributed by atoms with E-state index in [9.17, 15) is 5.11 Å². The molecule has 82 valence electrons. The Hall–Kier alpha value is -0.820. The third-order valence-corrected chi connectivity index (χ3v) is 3.50. The van der Waals surface area contributed by atoms with Crippen molar-refractivity contribution in [2.75, 3.05) is 0 Å². The van der Waals surface area contributed by atoms with Gasteiger partial charge in [0, 0.05) is 0 Å². The van der Waals surface area contributed by atoms with Crippen LogP contribution in [0.3, 0.4) is 0 Å². The number of aliphatic hydroxyl groups is 1. The fourth-order valence-electron chi connectivity index (χ4n) is 2.59. The molecule has 1 aliphatic carbocycles. The van der Waals surface area contributed by atoms with Crippen molar-refractivity contribution in [2.45, 2.75) is 51.0 Å². The van der Waals surface area contributed by atoms with Crippen LogP contribution in [0, 0.1) is 6.92 Å². The Balaban J connectivity index is 2.13. The second-order valence-corrected chi connectivity index (χ2v) is 5.20. The Labute approximate surface area is 92.1 Å². The smallest absolute Gasteiger partial charge is 0.0625 e. The molecule has 0 radical (unpaired) electrons. The molecule has 2 rings (SSSR count). The largest absolute Gasteiger partial charge is 0.390 e. The van der Waals surface area contributed by atoms with E-state index in [1.165, 1.54) is 17.5 Å². The summed E-state index contributed by atoms with van der Waals surface area (Å²) in [4.78, 5) is 0. The normalized spacial score (nSPS) is 31.5. The highest BCUT2D eigenvalue weighted by molar-refractivity contribution is 5.25. The molecule has 1 aliphatic rings. The van der Waals surface area contributed by atoms with Gasteiger partial charge in [0.2, 0.25) is 0 Å². The van der Waals surface area contributed by atoms with Crippen molar-refractivity contribution in [1.29, 1.82) is 0 Å². The van der Waals surface area contributed by atoms with Crippen LogP contribution >= 0.6 is 0 Å². The number of aryl methyl sites for hydroxylation is 1. The minimum absolute atomic E-state index is 0.451. The molecule has 1 heteroatoms. The van der Waals surface area contributed by atoms with Gasteiger partial charge in [-0.1, -0.05) is 29.8 Å². The van der Waals surface area contributed by atoms with Crippen molar-refractivity contribution < 1.29 is 5.11 Å². The van der Waals surface area contributed by atoms with Crippen molar-refractivity contribution in [3.63, 3.8) is 0 Å². The molecule has 0 spiro atoms. The SMILES string of the molecule is Cc1ccc([C@H]2CCCC(C)(O)C2)cc1. The zero-order valence-corrected chi connectivity index (χ0v) is 9.66. The maximum atomic E-state index is 10.1. The van der Waals surface area contributed by atoms with Crippen molar-refractivity contribution in [3.8, 4) is 0 Å². The summed E-state index contributed by atoms with van der Waals surface area (Å²) in [6.45, 7) is 4.08. The van der Waals surface area contributed by atoms with E-state index in [2.05, 4.69) is 31.2 Å². The number of hydrogen-bond acceptors (Lipinski definition) is 1. The lowest BCUT2D eigenvalue weighted by Crippen LogP contribution is -2.30. The van der Waals surface area contributed by atoms with Crippen LogP contribution in [0.15, 0.2) is 24.3 Å². The zero-order chi connectivity index (χ0) is 10.9. The van der Waals surface area contributed by atoms with Gasteiger partial charge in [0.05, 0.1) is 5.60 Å². The van der Waals surface area contributed by atoms with Gasteiger partial charge < -0.3 is 5.11 Å². The van der Waals surface area contributed by atoms with E-state index < -0.39 is 5.60 Å². The highest BCUT2D eigenvalue weighted by Gasteiger charge is 2.30. The van der Waals surface area contributed by atoms with E-state index in [0.29, 0.717) is 5.92 Å². The summed E-state index contributed by atoms with van der Waals surface area (Å²) in [5, 5.41) is 10.1. The van der Waals surface area contributed by atoms with Crippen LogP contribution in [-0.2, 0) is 0 Å². The molecule has 0 aromatic heterocycles. The molecule has 15 heavy (non-hydrogen) atoms. The van der Waals surface area contributed by atoms with Gasteiger partial charge in [0.1, 0.15) is 0 Å². The summed E-state index contributed by atoms with van der Waals surface area (Å²) < 4.78 is 0. The van der Waals surface area contributed by atoms with Crippen molar-refractivity contribution in [3.05, 3.63) is 35.4 Å². The molecule has 1 aromatic rings. The molecule has 1 nitrogen and oxygen atoms in total. The van der Waals surface area contributed by atoms with E-state index in [4.69, 9.17) is 0 Å². The molecular formula is C14H20O. The topological polar surface area (TPSA) is 20.2 Å². The van der Waals surface area contributed by atoms with E-state index in [0.717, 1.165) is 19.3 Å². The van der Waals surface area contributed by atoms with Crippen molar-refractivity contribution in [1.82, 2.24) is 0 Å². The first-order valence-corrected chi connectivity index (χ1v) is 5.86. The molecule has 0 amide bonds. The molecule has 0 saturated heterocycles. The van der Waals surface area contributed by atoms with E-state index in [-0.39, 0.29) is 0 Å². The molecule has 1 aromatic carbocycles.